The van der Waals surface area contributed by atoms with Gasteiger partial charge in [0.05, 0.1) is 12.1 Å². The zero-order chi connectivity index (χ0) is 12.6. The molecule has 1 aromatic heterocycles. The number of aromatic nitrogens is 1. The van der Waals surface area contributed by atoms with Crippen molar-refractivity contribution in [3.8, 4) is 0 Å². The van der Waals surface area contributed by atoms with Crippen molar-refractivity contribution in [2.24, 2.45) is 0 Å². The van der Waals surface area contributed by atoms with Gasteiger partial charge >= 0.3 is 0 Å². The lowest BCUT2D eigenvalue weighted by atomic mass is 9.99. The first-order valence-electron chi connectivity index (χ1n) is 6.05. The molecule has 0 aliphatic rings. The number of hydrogen-bond acceptors (Lipinski definition) is 2. The molecule has 0 radical (unpaired) electrons. The third kappa shape index (κ3) is 2.05. The maximum atomic E-state index is 9.47. The average Bonchev–Trinajstić information content (AvgIpc) is 2.32. The second-order valence-electron chi connectivity index (χ2n) is 4.92. The van der Waals surface area contributed by atoms with Crippen LogP contribution >= 0.6 is 0 Å². The van der Waals surface area contributed by atoms with Gasteiger partial charge in [0, 0.05) is 11.1 Å². The minimum atomic E-state index is 0.0707. The summed E-state index contributed by atoms with van der Waals surface area (Å²) in [6.07, 6.45) is 0. The average molecular weight is 229 g/mol. The van der Waals surface area contributed by atoms with Crippen LogP contribution in [-0.4, -0.2) is 10.1 Å². The molecular weight excluding hydrogens is 210 g/mol. The van der Waals surface area contributed by atoms with E-state index in [0.29, 0.717) is 5.92 Å². The maximum Gasteiger partial charge on any atom is 0.0740 e. The fraction of sp³-hybridized carbons (Fsp3) is 0.400. The van der Waals surface area contributed by atoms with E-state index < -0.39 is 0 Å². The fourth-order valence-electron chi connectivity index (χ4n) is 2.05. The Hall–Kier alpha value is -1.41. The van der Waals surface area contributed by atoms with Crippen molar-refractivity contribution in [3.05, 3.63) is 40.6 Å². The minimum Gasteiger partial charge on any atom is -0.392 e. The maximum absolute atomic E-state index is 9.47. The van der Waals surface area contributed by atoms with Crippen molar-refractivity contribution in [3.63, 3.8) is 0 Å². The summed E-state index contributed by atoms with van der Waals surface area (Å²) in [7, 11) is 0. The number of aliphatic hydroxyl groups excluding tert-OH is 1. The molecule has 0 aliphatic carbocycles. The molecule has 90 valence electrons. The number of aryl methyl sites for hydroxylation is 2. The van der Waals surface area contributed by atoms with E-state index in [1.807, 2.05) is 6.07 Å². The van der Waals surface area contributed by atoms with Gasteiger partial charge in [0.2, 0.25) is 0 Å². The molecule has 2 heteroatoms. The summed E-state index contributed by atoms with van der Waals surface area (Å²) in [6.45, 7) is 8.51. The van der Waals surface area contributed by atoms with E-state index in [1.54, 1.807) is 0 Å². The van der Waals surface area contributed by atoms with Crippen LogP contribution in [0.1, 0.15) is 42.1 Å². The second-order valence-corrected chi connectivity index (χ2v) is 4.92. The molecule has 0 spiro atoms. The van der Waals surface area contributed by atoms with Crippen molar-refractivity contribution in [2.75, 3.05) is 0 Å². The number of fused-ring (bicyclic) bond motifs is 1. The highest BCUT2D eigenvalue weighted by Gasteiger charge is 2.10. The Kier molecular flexibility index (Phi) is 3.16. The lowest BCUT2D eigenvalue weighted by molar-refractivity contribution is 0.283. The van der Waals surface area contributed by atoms with E-state index in [9.17, 15) is 5.11 Å². The molecule has 2 nitrogen and oxygen atoms in total. The van der Waals surface area contributed by atoms with Crippen molar-refractivity contribution in [2.45, 2.75) is 40.2 Å². The van der Waals surface area contributed by atoms with Gasteiger partial charge in [0.1, 0.15) is 0 Å². The Bertz CT molecular complexity index is 558. The predicted molar refractivity (Wildman–Crippen MR) is 71.2 cm³/mol. The van der Waals surface area contributed by atoms with Crippen molar-refractivity contribution >= 4 is 10.9 Å². The smallest absolute Gasteiger partial charge is 0.0740 e. The van der Waals surface area contributed by atoms with Gasteiger partial charge in [-0.2, -0.15) is 0 Å². The molecule has 0 aliphatic heterocycles. The SMILES string of the molecule is Cc1ccc2c(CO)cc(C(C)C)nc2c1C. The number of aliphatic hydroxyl groups is 1. The number of nitrogens with zero attached hydrogens (tertiary/aromatic N) is 1. The van der Waals surface area contributed by atoms with E-state index in [1.165, 1.54) is 11.1 Å². The molecule has 1 N–H and O–H groups in total. The summed E-state index contributed by atoms with van der Waals surface area (Å²) in [5, 5.41) is 10.5. The highest BCUT2D eigenvalue weighted by Crippen LogP contribution is 2.26. The van der Waals surface area contributed by atoms with Crippen LogP contribution in [-0.2, 0) is 6.61 Å². The molecule has 2 aromatic rings. The number of rotatable bonds is 2. The lowest BCUT2D eigenvalue weighted by Gasteiger charge is -2.13. The van der Waals surface area contributed by atoms with Gasteiger partial charge in [-0.1, -0.05) is 26.0 Å². The first-order valence-corrected chi connectivity index (χ1v) is 6.05. The van der Waals surface area contributed by atoms with Crippen LogP contribution in [0.25, 0.3) is 10.9 Å². The molecule has 0 saturated carbocycles. The minimum absolute atomic E-state index is 0.0707. The first kappa shape index (κ1) is 12.1. The molecule has 0 amide bonds. The fourth-order valence-corrected chi connectivity index (χ4v) is 2.05. The van der Waals surface area contributed by atoms with Gasteiger partial charge < -0.3 is 5.11 Å². The normalized spacial score (nSPS) is 11.4. The van der Waals surface area contributed by atoms with Crippen LogP contribution in [0.3, 0.4) is 0 Å². The van der Waals surface area contributed by atoms with Crippen LogP contribution < -0.4 is 0 Å². The van der Waals surface area contributed by atoms with E-state index in [2.05, 4.69) is 39.8 Å². The molecule has 0 atom stereocenters. The summed E-state index contributed by atoms with van der Waals surface area (Å²) < 4.78 is 0. The summed E-state index contributed by atoms with van der Waals surface area (Å²) >= 11 is 0. The molecular formula is C15H19NO. The molecule has 1 heterocycles. The Morgan fingerprint density at radius 2 is 1.94 bits per heavy atom. The Balaban J connectivity index is 2.83. The molecule has 2 rings (SSSR count). The van der Waals surface area contributed by atoms with Crippen molar-refractivity contribution < 1.29 is 5.11 Å². The Labute approximate surface area is 102 Å². The zero-order valence-corrected chi connectivity index (χ0v) is 10.9. The van der Waals surface area contributed by atoms with Crippen LogP contribution in [0, 0.1) is 13.8 Å². The van der Waals surface area contributed by atoms with Crippen LogP contribution in [0.4, 0.5) is 0 Å². The van der Waals surface area contributed by atoms with Gasteiger partial charge in [0.15, 0.2) is 0 Å². The molecule has 0 unspecified atom stereocenters. The summed E-state index contributed by atoms with van der Waals surface area (Å²) in [4.78, 5) is 4.73. The number of hydrogen-bond donors (Lipinski definition) is 1. The lowest BCUT2D eigenvalue weighted by Crippen LogP contribution is -1.99. The van der Waals surface area contributed by atoms with E-state index >= 15 is 0 Å². The first-order chi connectivity index (χ1) is 8.04. The van der Waals surface area contributed by atoms with Gasteiger partial charge in [-0.15, -0.1) is 0 Å². The third-order valence-corrected chi connectivity index (χ3v) is 3.37. The standard InChI is InChI=1S/C15H19NO/c1-9(2)14-7-12(8-17)13-6-5-10(3)11(4)15(13)16-14/h5-7,9,17H,8H2,1-4H3. The zero-order valence-electron chi connectivity index (χ0n) is 10.9. The van der Waals surface area contributed by atoms with Crippen LogP contribution in [0.2, 0.25) is 0 Å². The summed E-state index contributed by atoms with van der Waals surface area (Å²) in [5.41, 5.74) is 5.51. The predicted octanol–water partition coefficient (Wildman–Crippen LogP) is 3.47. The Morgan fingerprint density at radius 3 is 2.53 bits per heavy atom. The van der Waals surface area contributed by atoms with Gasteiger partial charge in [-0.05, 0) is 42.5 Å². The van der Waals surface area contributed by atoms with Crippen LogP contribution in [0.5, 0.6) is 0 Å². The van der Waals surface area contributed by atoms with Crippen molar-refractivity contribution in [1.82, 2.24) is 4.98 Å². The van der Waals surface area contributed by atoms with Gasteiger partial charge in [-0.3, -0.25) is 4.98 Å². The molecule has 17 heavy (non-hydrogen) atoms. The van der Waals surface area contributed by atoms with Gasteiger partial charge in [0.25, 0.3) is 0 Å². The molecule has 0 saturated heterocycles. The van der Waals surface area contributed by atoms with Crippen LogP contribution in [0.15, 0.2) is 18.2 Å². The second kappa shape index (κ2) is 4.46. The highest BCUT2D eigenvalue weighted by atomic mass is 16.3. The third-order valence-electron chi connectivity index (χ3n) is 3.37. The largest absolute Gasteiger partial charge is 0.392 e. The monoisotopic (exact) mass is 229 g/mol. The molecule has 0 bridgehead atoms. The topological polar surface area (TPSA) is 33.1 Å². The summed E-state index contributed by atoms with van der Waals surface area (Å²) in [6, 6.07) is 6.16. The van der Waals surface area contributed by atoms with E-state index in [0.717, 1.165) is 22.2 Å². The van der Waals surface area contributed by atoms with Gasteiger partial charge in [-0.25, -0.2) is 0 Å². The molecule has 1 aromatic carbocycles. The number of benzene rings is 1. The van der Waals surface area contributed by atoms with E-state index in [-0.39, 0.29) is 6.61 Å². The molecule has 0 fully saturated rings. The number of pyridine rings is 1. The quantitative estimate of drug-likeness (QED) is 0.855. The summed E-state index contributed by atoms with van der Waals surface area (Å²) in [5.74, 6) is 0.379. The Morgan fingerprint density at radius 1 is 1.24 bits per heavy atom. The highest BCUT2D eigenvalue weighted by molar-refractivity contribution is 5.86. The van der Waals surface area contributed by atoms with E-state index in [4.69, 9.17) is 4.98 Å². The van der Waals surface area contributed by atoms with Crippen molar-refractivity contribution in [1.29, 1.82) is 0 Å².